The molecule has 0 N–H and O–H groups in total. The summed E-state index contributed by atoms with van der Waals surface area (Å²) in [7, 11) is 1.69. The second-order valence-electron chi connectivity index (χ2n) is 9.73. The van der Waals surface area contributed by atoms with Crippen LogP contribution in [-0.2, 0) is 14.9 Å². The molecule has 37 heavy (non-hydrogen) atoms. The van der Waals surface area contributed by atoms with E-state index in [1.54, 1.807) is 7.11 Å². The molecule has 5 heteroatoms. The van der Waals surface area contributed by atoms with Gasteiger partial charge in [0.05, 0.1) is 19.1 Å². The van der Waals surface area contributed by atoms with Gasteiger partial charge >= 0.3 is 5.97 Å². The third-order valence-electron chi connectivity index (χ3n) is 7.70. The molecule has 5 nitrogen and oxygen atoms in total. The Labute approximate surface area is 222 Å². The van der Waals surface area contributed by atoms with E-state index in [0.717, 1.165) is 63.3 Å². The van der Waals surface area contributed by atoms with Gasteiger partial charge in [-0.1, -0.05) is 61.5 Å². The molecular formula is C32H40N2O3. The zero-order valence-corrected chi connectivity index (χ0v) is 22.5. The number of ether oxygens (including phenoxy) is 2. The number of piperazine rings is 1. The highest BCUT2D eigenvalue weighted by Gasteiger charge is 2.39. The second-order valence-corrected chi connectivity index (χ2v) is 9.73. The fourth-order valence-corrected chi connectivity index (χ4v) is 5.40. The molecule has 1 fully saturated rings. The first kappa shape index (κ1) is 26.7. The van der Waals surface area contributed by atoms with E-state index < -0.39 is 5.41 Å². The Kier molecular flexibility index (Phi) is 9.24. The van der Waals surface area contributed by atoms with Gasteiger partial charge in [0.1, 0.15) is 5.75 Å². The minimum absolute atomic E-state index is 0.0911. The monoisotopic (exact) mass is 500 g/mol. The van der Waals surface area contributed by atoms with E-state index in [1.165, 1.54) is 16.8 Å². The molecule has 4 rings (SSSR count). The smallest absolute Gasteiger partial charge is 0.316 e. The maximum absolute atomic E-state index is 13.1. The van der Waals surface area contributed by atoms with Crippen LogP contribution in [0.25, 0.3) is 11.1 Å². The summed E-state index contributed by atoms with van der Waals surface area (Å²) < 4.78 is 10.8. The SMILES string of the molecule is CCOC(=O)C(CC)(CCCN1CCN(c2ccc(-c3ccc(OC)cc3)cc2)CC1)c1ccccc1. The van der Waals surface area contributed by atoms with Crippen molar-refractivity contribution in [3.05, 3.63) is 84.4 Å². The molecule has 0 amide bonds. The molecule has 1 heterocycles. The highest BCUT2D eigenvalue weighted by molar-refractivity contribution is 5.83. The summed E-state index contributed by atoms with van der Waals surface area (Å²) in [6.07, 6.45) is 2.52. The zero-order valence-electron chi connectivity index (χ0n) is 22.5. The van der Waals surface area contributed by atoms with Crippen molar-refractivity contribution in [1.29, 1.82) is 0 Å². The van der Waals surface area contributed by atoms with Crippen LogP contribution in [0, 0.1) is 0 Å². The average Bonchev–Trinajstić information content (AvgIpc) is 2.96. The quantitative estimate of drug-likeness (QED) is 0.294. The Balaban J connectivity index is 1.30. The highest BCUT2D eigenvalue weighted by atomic mass is 16.5. The maximum Gasteiger partial charge on any atom is 0.316 e. The van der Waals surface area contributed by atoms with Crippen molar-refractivity contribution in [2.45, 2.75) is 38.5 Å². The highest BCUT2D eigenvalue weighted by Crippen LogP contribution is 2.35. The van der Waals surface area contributed by atoms with Gasteiger partial charge in [-0.05, 0) is 73.7 Å². The summed E-state index contributed by atoms with van der Waals surface area (Å²) >= 11 is 0. The molecule has 0 aromatic heterocycles. The van der Waals surface area contributed by atoms with Crippen LogP contribution in [0.4, 0.5) is 5.69 Å². The molecule has 1 saturated heterocycles. The fourth-order valence-electron chi connectivity index (χ4n) is 5.40. The Morgan fingerprint density at radius 2 is 1.46 bits per heavy atom. The van der Waals surface area contributed by atoms with Gasteiger partial charge in [0, 0.05) is 31.9 Å². The molecule has 0 saturated carbocycles. The molecule has 0 aliphatic carbocycles. The van der Waals surface area contributed by atoms with Gasteiger partial charge in [0.2, 0.25) is 0 Å². The lowest BCUT2D eigenvalue weighted by Crippen LogP contribution is -2.47. The maximum atomic E-state index is 13.1. The van der Waals surface area contributed by atoms with E-state index in [4.69, 9.17) is 9.47 Å². The van der Waals surface area contributed by atoms with Crippen molar-refractivity contribution < 1.29 is 14.3 Å². The van der Waals surface area contributed by atoms with Gasteiger partial charge in [0.15, 0.2) is 0 Å². The van der Waals surface area contributed by atoms with E-state index in [9.17, 15) is 4.79 Å². The summed E-state index contributed by atoms with van der Waals surface area (Å²) in [5, 5.41) is 0. The fraction of sp³-hybridized carbons (Fsp3) is 0.406. The van der Waals surface area contributed by atoms with E-state index in [1.807, 2.05) is 37.3 Å². The molecule has 3 aromatic rings. The Morgan fingerprint density at radius 1 is 0.838 bits per heavy atom. The summed E-state index contributed by atoms with van der Waals surface area (Å²) in [6, 6.07) is 27.2. The molecule has 1 aliphatic heterocycles. The third-order valence-corrected chi connectivity index (χ3v) is 7.70. The number of hydrogen-bond donors (Lipinski definition) is 0. The first-order chi connectivity index (χ1) is 18.1. The predicted molar refractivity (Wildman–Crippen MR) is 151 cm³/mol. The molecule has 0 bridgehead atoms. The van der Waals surface area contributed by atoms with E-state index in [-0.39, 0.29) is 5.97 Å². The van der Waals surface area contributed by atoms with Crippen molar-refractivity contribution in [3.8, 4) is 16.9 Å². The van der Waals surface area contributed by atoms with Crippen molar-refractivity contribution in [2.24, 2.45) is 0 Å². The normalized spacial score (nSPS) is 15.7. The van der Waals surface area contributed by atoms with Gasteiger partial charge in [-0.25, -0.2) is 0 Å². The van der Waals surface area contributed by atoms with Crippen LogP contribution in [-0.4, -0.2) is 57.3 Å². The van der Waals surface area contributed by atoms with Crippen LogP contribution in [0.5, 0.6) is 5.75 Å². The molecule has 1 aliphatic rings. The average molecular weight is 501 g/mol. The zero-order chi connectivity index (χ0) is 26.1. The van der Waals surface area contributed by atoms with Crippen LogP contribution < -0.4 is 9.64 Å². The lowest BCUT2D eigenvalue weighted by atomic mass is 9.74. The molecule has 0 radical (unpaired) electrons. The van der Waals surface area contributed by atoms with Crippen molar-refractivity contribution in [1.82, 2.24) is 4.90 Å². The summed E-state index contributed by atoms with van der Waals surface area (Å²) in [5.41, 5.74) is 4.18. The van der Waals surface area contributed by atoms with Crippen molar-refractivity contribution in [2.75, 3.05) is 51.3 Å². The number of carbonyl (C=O) groups is 1. The van der Waals surface area contributed by atoms with Crippen LogP contribution in [0.2, 0.25) is 0 Å². The molecular weight excluding hydrogens is 460 g/mol. The lowest BCUT2D eigenvalue weighted by Gasteiger charge is -2.37. The van der Waals surface area contributed by atoms with Gasteiger partial charge < -0.3 is 14.4 Å². The minimum atomic E-state index is -0.565. The number of rotatable bonds is 11. The number of anilines is 1. The Morgan fingerprint density at radius 3 is 2.03 bits per heavy atom. The van der Waals surface area contributed by atoms with Gasteiger partial charge in [-0.15, -0.1) is 0 Å². The third kappa shape index (κ3) is 6.34. The van der Waals surface area contributed by atoms with Gasteiger partial charge in [0.25, 0.3) is 0 Å². The summed E-state index contributed by atoms with van der Waals surface area (Å²) in [5.74, 6) is 0.784. The number of nitrogens with zero attached hydrogens (tertiary/aromatic N) is 2. The predicted octanol–water partition coefficient (Wildman–Crippen LogP) is 6.18. The van der Waals surface area contributed by atoms with E-state index in [2.05, 4.69) is 65.3 Å². The van der Waals surface area contributed by atoms with Crippen LogP contribution >= 0.6 is 0 Å². The largest absolute Gasteiger partial charge is 0.497 e. The Bertz CT molecular complexity index is 1110. The molecule has 196 valence electrons. The minimum Gasteiger partial charge on any atom is -0.497 e. The molecule has 1 unspecified atom stereocenters. The van der Waals surface area contributed by atoms with E-state index in [0.29, 0.717) is 6.61 Å². The summed E-state index contributed by atoms with van der Waals surface area (Å²) in [4.78, 5) is 18.1. The number of hydrogen-bond acceptors (Lipinski definition) is 5. The second kappa shape index (κ2) is 12.8. The first-order valence-electron chi connectivity index (χ1n) is 13.5. The number of carbonyl (C=O) groups excluding carboxylic acids is 1. The number of benzene rings is 3. The van der Waals surface area contributed by atoms with E-state index >= 15 is 0 Å². The number of esters is 1. The van der Waals surface area contributed by atoms with Crippen molar-refractivity contribution in [3.63, 3.8) is 0 Å². The number of methoxy groups -OCH3 is 1. The van der Waals surface area contributed by atoms with Gasteiger partial charge in [-0.2, -0.15) is 0 Å². The lowest BCUT2D eigenvalue weighted by molar-refractivity contribution is -0.150. The van der Waals surface area contributed by atoms with Crippen molar-refractivity contribution >= 4 is 11.7 Å². The molecule has 0 spiro atoms. The first-order valence-corrected chi connectivity index (χ1v) is 13.5. The Hall–Kier alpha value is -3.31. The molecule has 1 atom stereocenters. The van der Waals surface area contributed by atoms with Gasteiger partial charge in [-0.3, -0.25) is 9.69 Å². The molecule has 3 aromatic carbocycles. The van der Waals surface area contributed by atoms with Crippen LogP contribution in [0.3, 0.4) is 0 Å². The summed E-state index contributed by atoms with van der Waals surface area (Å²) in [6.45, 7) is 9.48. The van der Waals surface area contributed by atoms with Crippen LogP contribution in [0.15, 0.2) is 78.9 Å². The van der Waals surface area contributed by atoms with Crippen LogP contribution in [0.1, 0.15) is 38.7 Å². The topological polar surface area (TPSA) is 42.0 Å². The standard InChI is InChI=1S/C32H40N2O3/c1-4-32(31(35)37-5-2,28-10-7-6-8-11-28)20-9-21-33-22-24-34(25-23-33)29-16-12-26(13-17-29)27-14-18-30(36-3)19-15-27/h6-8,10-19H,4-5,9,20-25H2,1-3H3.